The van der Waals surface area contributed by atoms with E-state index in [-0.39, 0.29) is 11.5 Å². The molecule has 0 atom stereocenters. The number of aromatic amines is 1. The molecule has 0 radical (unpaired) electrons. The number of aromatic nitrogens is 2. The van der Waals surface area contributed by atoms with E-state index in [0.29, 0.717) is 35.4 Å². The fraction of sp³-hybridized carbons (Fsp3) is 0.167. The largest absolute Gasteiger partial charge is 0.355 e. The van der Waals surface area contributed by atoms with Crippen molar-refractivity contribution in [3.63, 3.8) is 0 Å². The lowest BCUT2D eigenvalue weighted by atomic mass is 10.1. The van der Waals surface area contributed by atoms with Crippen LogP contribution in [0, 0.1) is 0 Å². The summed E-state index contributed by atoms with van der Waals surface area (Å²) in [5.74, 6) is 0.339. The van der Waals surface area contributed by atoms with Crippen molar-refractivity contribution in [2.24, 2.45) is 0 Å². The summed E-state index contributed by atoms with van der Waals surface area (Å²) < 4.78 is 0. The molecular weight excluding hydrogens is 304 g/mol. The van der Waals surface area contributed by atoms with Crippen molar-refractivity contribution in [1.29, 1.82) is 0 Å². The Morgan fingerprint density at radius 2 is 2.00 bits per heavy atom. The van der Waals surface area contributed by atoms with Crippen molar-refractivity contribution in [1.82, 2.24) is 15.3 Å². The molecule has 3 rings (SSSR count). The lowest BCUT2D eigenvalue weighted by Crippen LogP contribution is -2.18. The summed E-state index contributed by atoms with van der Waals surface area (Å²) in [7, 11) is 1.61. The third-order valence-corrected chi connectivity index (χ3v) is 3.74. The van der Waals surface area contributed by atoms with Crippen LogP contribution in [0.15, 0.2) is 53.3 Å². The fourth-order valence-electron chi connectivity index (χ4n) is 2.51. The smallest absolute Gasteiger partial charge is 0.260 e. The molecule has 1 heterocycles. The number of carbonyl (C=O) groups excluding carboxylic acids is 1. The second-order valence-corrected chi connectivity index (χ2v) is 5.39. The van der Waals surface area contributed by atoms with E-state index >= 15 is 0 Å². The van der Waals surface area contributed by atoms with Gasteiger partial charge < -0.3 is 10.6 Å². The molecule has 3 aromatic rings. The quantitative estimate of drug-likeness (QED) is 0.670. The summed E-state index contributed by atoms with van der Waals surface area (Å²) >= 11 is 0. The van der Waals surface area contributed by atoms with Crippen LogP contribution in [0.1, 0.15) is 15.9 Å². The van der Waals surface area contributed by atoms with E-state index in [9.17, 15) is 9.59 Å². The molecule has 0 aliphatic carbocycles. The number of anilines is 1. The van der Waals surface area contributed by atoms with Crippen LogP contribution in [0.2, 0.25) is 0 Å². The van der Waals surface area contributed by atoms with Crippen molar-refractivity contribution in [2.75, 3.05) is 18.9 Å². The Morgan fingerprint density at radius 3 is 2.83 bits per heavy atom. The van der Waals surface area contributed by atoms with Gasteiger partial charge in [0.15, 0.2) is 0 Å². The third kappa shape index (κ3) is 3.43. The molecule has 0 saturated carbocycles. The van der Waals surface area contributed by atoms with Gasteiger partial charge in [0, 0.05) is 19.2 Å². The molecule has 0 bridgehead atoms. The number of fused-ring (bicyclic) bond motifs is 1. The van der Waals surface area contributed by atoms with Crippen LogP contribution < -0.4 is 16.2 Å². The average Bonchev–Trinajstić information content (AvgIpc) is 2.61. The second kappa shape index (κ2) is 6.95. The Balaban J connectivity index is 1.69. The van der Waals surface area contributed by atoms with Crippen molar-refractivity contribution >= 4 is 22.8 Å². The maximum absolute atomic E-state index is 12.0. The van der Waals surface area contributed by atoms with E-state index in [1.807, 2.05) is 36.4 Å². The molecule has 122 valence electrons. The van der Waals surface area contributed by atoms with E-state index in [2.05, 4.69) is 20.6 Å². The number of hydrogen-bond donors (Lipinski definition) is 3. The second-order valence-electron chi connectivity index (χ2n) is 5.39. The number of H-pyrrole nitrogens is 1. The minimum absolute atomic E-state index is 0.106. The summed E-state index contributed by atoms with van der Waals surface area (Å²) in [6.45, 7) is 0.596. The molecule has 6 heteroatoms. The van der Waals surface area contributed by atoms with E-state index < -0.39 is 0 Å². The number of para-hydroxylation sites is 1. The van der Waals surface area contributed by atoms with E-state index in [4.69, 9.17) is 0 Å². The van der Waals surface area contributed by atoms with E-state index in [1.54, 1.807) is 19.2 Å². The van der Waals surface area contributed by atoms with Gasteiger partial charge in [0.1, 0.15) is 0 Å². The Morgan fingerprint density at radius 1 is 1.17 bits per heavy atom. The molecule has 0 spiro atoms. The molecule has 6 nitrogen and oxygen atoms in total. The standard InChI is InChI=1S/C18H18N4O2/c1-19-16(23)13-6-4-5-12(11-13)9-10-20-18-21-15-8-3-2-7-14(15)17(24)22-18/h2-8,11H,9-10H2,1H3,(H,19,23)(H2,20,21,22,24). The van der Waals surface area contributed by atoms with Gasteiger partial charge in [0.2, 0.25) is 5.95 Å². The molecule has 3 N–H and O–H groups in total. The van der Waals surface area contributed by atoms with Crippen LogP contribution in [-0.4, -0.2) is 29.5 Å². The maximum atomic E-state index is 12.0. The minimum atomic E-state index is -0.162. The van der Waals surface area contributed by atoms with Gasteiger partial charge in [-0.1, -0.05) is 24.3 Å². The van der Waals surface area contributed by atoms with Gasteiger partial charge in [-0.25, -0.2) is 4.98 Å². The molecular formula is C18H18N4O2. The minimum Gasteiger partial charge on any atom is -0.355 e. The lowest BCUT2D eigenvalue weighted by Gasteiger charge is -2.07. The molecule has 2 aromatic carbocycles. The van der Waals surface area contributed by atoms with Crippen molar-refractivity contribution < 1.29 is 4.79 Å². The highest BCUT2D eigenvalue weighted by Crippen LogP contribution is 2.09. The van der Waals surface area contributed by atoms with Crippen molar-refractivity contribution in [3.8, 4) is 0 Å². The highest BCUT2D eigenvalue weighted by atomic mass is 16.1. The number of benzene rings is 2. The first-order valence-electron chi connectivity index (χ1n) is 7.71. The fourth-order valence-corrected chi connectivity index (χ4v) is 2.51. The zero-order valence-corrected chi connectivity index (χ0v) is 13.3. The number of rotatable bonds is 5. The summed E-state index contributed by atoms with van der Waals surface area (Å²) in [5, 5.41) is 6.30. The van der Waals surface area contributed by atoms with Crippen molar-refractivity contribution in [2.45, 2.75) is 6.42 Å². The zero-order valence-electron chi connectivity index (χ0n) is 13.3. The highest BCUT2D eigenvalue weighted by molar-refractivity contribution is 5.94. The zero-order chi connectivity index (χ0) is 16.9. The first-order chi connectivity index (χ1) is 11.7. The van der Waals surface area contributed by atoms with E-state index in [0.717, 1.165) is 5.56 Å². The number of carbonyl (C=O) groups is 1. The van der Waals surface area contributed by atoms with Crippen LogP contribution in [0.25, 0.3) is 10.9 Å². The number of nitrogens with one attached hydrogen (secondary N) is 3. The molecule has 1 aromatic heterocycles. The Bertz CT molecular complexity index is 933. The summed E-state index contributed by atoms with van der Waals surface area (Å²) in [6.07, 6.45) is 0.710. The third-order valence-electron chi connectivity index (χ3n) is 3.74. The van der Waals surface area contributed by atoms with Crippen LogP contribution in [0.4, 0.5) is 5.95 Å². The topological polar surface area (TPSA) is 86.9 Å². The first kappa shape index (κ1) is 15.7. The first-order valence-corrected chi connectivity index (χ1v) is 7.71. The number of nitrogens with zero attached hydrogens (tertiary/aromatic N) is 1. The van der Waals surface area contributed by atoms with Gasteiger partial charge in [0.25, 0.3) is 11.5 Å². The SMILES string of the molecule is CNC(=O)c1cccc(CCNc2nc3ccccc3c(=O)[nH]2)c1. The normalized spacial score (nSPS) is 10.5. The van der Waals surface area contributed by atoms with Crippen LogP contribution >= 0.6 is 0 Å². The summed E-state index contributed by atoms with van der Waals surface area (Å²) in [5.41, 5.74) is 2.16. The van der Waals surface area contributed by atoms with Gasteiger partial charge in [-0.15, -0.1) is 0 Å². The highest BCUT2D eigenvalue weighted by Gasteiger charge is 2.05. The summed E-state index contributed by atoms with van der Waals surface area (Å²) in [6, 6.07) is 14.7. The Hall–Kier alpha value is -3.15. The molecule has 0 aliphatic rings. The number of amides is 1. The van der Waals surface area contributed by atoms with Gasteiger partial charge in [-0.2, -0.15) is 0 Å². The molecule has 0 aliphatic heterocycles. The average molecular weight is 322 g/mol. The molecule has 1 amide bonds. The summed E-state index contributed by atoms with van der Waals surface area (Å²) in [4.78, 5) is 30.8. The van der Waals surface area contributed by atoms with E-state index in [1.165, 1.54) is 0 Å². The van der Waals surface area contributed by atoms with Crippen molar-refractivity contribution in [3.05, 3.63) is 70.0 Å². The maximum Gasteiger partial charge on any atom is 0.260 e. The lowest BCUT2D eigenvalue weighted by molar-refractivity contribution is 0.0963. The van der Waals surface area contributed by atoms with Gasteiger partial charge in [-0.3, -0.25) is 14.6 Å². The predicted octanol–water partition coefficient (Wildman–Crippen LogP) is 1.94. The van der Waals surface area contributed by atoms with Gasteiger partial charge in [-0.05, 0) is 36.2 Å². The van der Waals surface area contributed by atoms with Crippen LogP contribution in [-0.2, 0) is 6.42 Å². The predicted molar refractivity (Wildman–Crippen MR) is 94.4 cm³/mol. The Labute approximate surface area is 138 Å². The molecule has 0 fully saturated rings. The number of hydrogen-bond acceptors (Lipinski definition) is 4. The Kier molecular flexibility index (Phi) is 4.56. The van der Waals surface area contributed by atoms with Crippen LogP contribution in [0.3, 0.4) is 0 Å². The monoisotopic (exact) mass is 322 g/mol. The van der Waals surface area contributed by atoms with Crippen LogP contribution in [0.5, 0.6) is 0 Å². The molecule has 0 unspecified atom stereocenters. The molecule has 0 saturated heterocycles. The van der Waals surface area contributed by atoms with Gasteiger partial charge in [0.05, 0.1) is 10.9 Å². The molecule has 24 heavy (non-hydrogen) atoms. The van der Waals surface area contributed by atoms with Gasteiger partial charge >= 0.3 is 0 Å².